The molecule has 2 rings (SSSR count). The Hall–Kier alpha value is -0.0400. The second-order valence-electron chi connectivity index (χ2n) is 5.43. The Labute approximate surface area is 75.5 Å². The molecule has 0 bridgehead atoms. The zero-order valence-electron chi connectivity index (χ0n) is 8.47. The highest BCUT2D eigenvalue weighted by Gasteiger charge is 2.42. The molecule has 1 nitrogen and oxygen atoms in total. The van der Waals surface area contributed by atoms with Crippen LogP contribution >= 0.6 is 0 Å². The van der Waals surface area contributed by atoms with Crippen molar-refractivity contribution in [2.24, 2.45) is 11.3 Å². The minimum atomic E-state index is 0.511. The minimum absolute atomic E-state index is 0.511. The lowest BCUT2D eigenvalue weighted by Crippen LogP contribution is -2.20. The maximum atomic E-state index is 5.52. The topological polar surface area (TPSA) is 12.5 Å². The summed E-state index contributed by atoms with van der Waals surface area (Å²) in [6.45, 7) is 7.11. The Morgan fingerprint density at radius 1 is 0.917 bits per heavy atom. The summed E-state index contributed by atoms with van der Waals surface area (Å²) in [5, 5.41) is 0. The van der Waals surface area contributed by atoms with E-state index in [0.29, 0.717) is 17.6 Å². The summed E-state index contributed by atoms with van der Waals surface area (Å²) in [5.74, 6) is 0.925. The highest BCUT2D eigenvalue weighted by atomic mass is 16.6. The minimum Gasteiger partial charge on any atom is -0.370 e. The second kappa shape index (κ2) is 2.73. The van der Waals surface area contributed by atoms with Gasteiger partial charge in [0.25, 0.3) is 0 Å². The van der Waals surface area contributed by atoms with Gasteiger partial charge in [0.2, 0.25) is 0 Å². The van der Waals surface area contributed by atoms with Gasteiger partial charge in [0.05, 0.1) is 12.2 Å². The molecule has 0 aromatic rings. The summed E-state index contributed by atoms with van der Waals surface area (Å²) in [6.07, 6.45) is 6.68. The quantitative estimate of drug-likeness (QED) is 0.507. The van der Waals surface area contributed by atoms with Crippen LogP contribution in [0.15, 0.2) is 0 Å². The molecule has 0 amide bonds. The summed E-state index contributed by atoms with van der Waals surface area (Å²) in [4.78, 5) is 0. The fourth-order valence-electron chi connectivity index (χ4n) is 2.43. The number of fused-ring (bicyclic) bond motifs is 1. The molecule has 1 aliphatic heterocycles. The van der Waals surface area contributed by atoms with Gasteiger partial charge in [-0.1, -0.05) is 20.8 Å². The van der Waals surface area contributed by atoms with E-state index in [1.165, 1.54) is 25.7 Å². The molecule has 2 atom stereocenters. The van der Waals surface area contributed by atoms with Gasteiger partial charge in [-0.2, -0.15) is 0 Å². The normalized spacial score (nSPS) is 41.8. The lowest BCUT2D eigenvalue weighted by Gasteiger charge is -2.29. The molecule has 2 unspecified atom stereocenters. The average molecular weight is 168 g/mol. The van der Waals surface area contributed by atoms with Crippen LogP contribution < -0.4 is 0 Å². The van der Waals surface area contributed by atoms with Crippen molar-refractivity contribution in [3.05, 3.63) is 0 Å². The standard InChI is InChI=1S/C11H20O/c1-11(2,3)8-4-6-9-10(12-9)7-5-8/h8-10H,4-7H2,1-3H3. The van der Waals surface area contributed by atoms with Crippen molar-refractivity contribution >= 4 is 0 Å². The Bertz CT molecular complexity index is 156. The second-order valence-corrected chi connectivity index (χ2v) is 5.43. The summed E-state index contributed by atoms with van der Waals surface area (Å²) >= 11 is 0. The van der Waals surface area contributed by atoms with Crippen molar-refractivity contribution in [1.82, 2.24) is 0 Å². The molecule has 0 spiro atoms. The first-order valence-corrected chi connectivity index (χ1v) is 5.23. The molecule has 0 radical (unpaired) electrons. The average Bonchev–Trinajstić information content (AvgIpc) is 2.57. The lowest BCUT2D eigenvalue weighted by atomic mass is 9.76. The monoisotopic (exact) mass is 168 g/mol. The molecule has 1 saturated heterocycles. The number of rotatable bonds is 0. The van der Waals surface area contributed by atoms with Crippen molar-refractivity contribution < 1.29 is 4.74 Å². The van der Waals surface area contributed by atoms with Gasteiger partial charge >= 0.3 is 0 Å². The maximum absolute atomic E-state index is 5.52. The van der Waals surface area contributed by atoms with Gasteiger partial charge in [-0.3, -0.25) is 0 Å². The lowest BCUT2D eigenvalue weighted by molar-refractivity contribution is 0.188. The summed E-state index contributed by atoms with van der Waals surface area (Å²) in [6, 6.07) is 0. The first-order valence-electron chi connectivity index (χ1n) is 5.23. The van der Waals surface area contributed by atoms with Crippen LogP contribution in [0, 0.1) is 11.3 Å². The van der Waals surface area contributed by atoms with Crippen LogP contribution in [0.2, 0.25) is 0 Å². The molecule has 1 heteroatoms. The van der Waals surface area contributed by atoms with E-state index < -0.39 is 0 Å². The van der Waals surface area contributed by atoms with Crippen LogP contribution in [0.1, 0.15) is 46.5 Å². The number of ether oxygens (including phenoxy) is 1. The van der Waals surface area contributed by atoms with Gasteiger partial charge in [0.1, 0.15) is 0 Å². The van der Waals surface area contributed by atoms with Crippen LogP contribution in [0.3, 0.4) is 0 Å². The Morgan fingerprint density at radius 3 is 1.83 bits per heavy atom. The van der Waals surface area contributed by atoms with Gasteiger partial charge < -0.3 is 4.74 Å². The van der Waals surface area contributed by atoms with E-state index in [-0.39, 0.29) is 0 Å². The fourth-order valence-corrected chi connectivity index (χ4v) is 2.43. The van der Waals surface area contributed by atoms with Crippen molar-refractivity contribution in [2.75, 3.05) is 0 Å². The van der Waals surface area contributed by atoms with Crippen molar-refractivity contribution in [1.29, 1.82) is 0 Å². The third kappa shape index (κ3) is 1.66. The highest BCUT2D eigenvalue weighted by molar-refractivity contribution is 4.91. The third-order valence-corrected chi connectivity index (χ3v) is 3.51. The number of hydrogen-bond acceptors (Lipinski definition) is 1. The SMILES string of the molecule is CC(C)(C)C1CCC2OC2CC1. The molecule has 1 saturated carbocycles. The fraction of sp³-hybridized carbons (Fsp3) is 1.00. The van der Waals surface area contributed by atoms with E-state index in [1.54, 1.807) is 0 Å². The van der Waals surface area contributed by atoms with Gasteiger partial charge in [-0.05, 0) is 37.0 Å². The van der Waals surface area contributed by atoms with Crippen LogP contribution in [0.4, 0.5) is 0 Å². The summed E-state index contributed by atoms with van der Waals surface area (Å²) in [5.41, 5.74) is 0.511. The van der Waals surface area contributed by atoms with E-state index >= 15 is 0 Å². The molecular weight excluding hydrogens is 148 g/mol. The van der Waals surface area contributed by atoms with Crippen molar-refractivity contribution in [3.63, 3.8) is 0 Å². The maximum Gasteiger partial charge on any atom is 0.0842 e. The van der Waals surface area contributed by atoms with E-state index in [0.717, 1.165) is 5.92 Å². The first kappa shape index (κ1) is 8.55. The zero-order chi connectivity index (χ0) is 8.77. The van der Waals surface area contributed by atoms with Crippen LogP contribution in [0.25, 0.3) is 0 Å². The van der Waals surface area contributed by atoms with E-state index in [1.807, 2.05) is 0 Å². The molecule has 0 N–H and O–H groups in total. The molecule has 12 heavy (non-hydrogen) atoms. The summed E-state index contributed by atoms with van der Waals surface area (Å²) in [7, 11) is 0. The predicted octanol–water partition coefficient (Wildman–Crippen LogP) is 2.99. The molecule has 1 heterocycles. The Balaban J connectivity index is 1.92. The number of hydrogen-bond donors (Lipinski definition) is 0. The third-order valence-electron chi connectivity index (χ3n) is 3.51. The summed E-state index contributed by atoms with van der Waals surface area (Å²) < 4.78 is 5.52. The predicted molar refractivity (Wildman–Crippen MR) is 50.1 cm³/mol. The van der Waals surface area contributed by atoms with Crippen molar-refractivity contribution in [3.8, 4) is 0 Å². The van der Waals surface area contributed by atoms with Crippen molar-refractivity contribution in [2.45, 2.75) is 58.7 Å². The molecule has 2 fully saturated rings. The van der Waals surface area contributed by atoms with E-state index in [2.05, 4.69) is 20.8 Å². The van der Waals surface area contributed by atoms with E-state index in [9.17, 15) is 0 Å². The van der Waals surface area contributed by atoms with Gasteiger partial charge in [-0.25, -0.2) is 0 Å². The molecular formula is C11H20O. The molecule has 0 aromatic heterocycles. The molecule has 2 aliphatic rings. The van der Waals surface area contributed by atoms with Crippen LogP contribution in [-0.4, -0.2) is 12.2 Å². The molecule has 1 aliphatic carbocycles. The Morgan fingerprint density at radius 2 is 1.42 bits per heavy atom. The Kier molecular flexibility index (Phi) is 1.95. The van der Waals surface area contributed by atoms with Crippen LogP contribution in [0.5, 0.6) is 0 Å². The molecule has 70 valence electrons. The van der Waals surface area contributed by atoms with Gasteiger partial charge in [0.15, 0.2) is 0 Å². The first-order chi connectivity index (χ1) is 5.57. The largest absolute Gasteiger partial charge is 0.370 e. The van der Waals surface area contributed by atoms with E-state index in [4.69, 9.17) is 4.74 Å². The molecule has 0 aromatic carbocycles. The van der Waals surface area contributed by atoms with Crippen LogP contribution in [-0.2, 0) is 4.74 Å². The zero-order valence-corrected chi connectivity index (χ0v) is 8.47. The number of epoxide rings is 1. The highest BCUT2D eigenvalue weighted by Crippen LogP contribution is 2.43. The van der Waals surface area contributed by atoms with Gasteiger partial charge in [0, 0.05) is 0 Å². The van der Waals surface area contributed by atoms with Gasteiger partial charge in [-0.15, -0.1) is 0 Å². The smallest absolute Gasteiger partial charge is 0.0842 e.